The van der Waals surface area contributed by atoms with Gasteiger partial charge in [-0.1, -0.05) is 62.4 Å². The van der Waals surface area contributed by atoms with Gasteiger partial charge < -0.3 is 25.1 Å². The number of hydrogen-bond acceptors (Lipinski definition) is 5. The molecule has 0 bridgehead atoms. The lowest BCUT2D eigenvalue weighted by molar-refractivity contribution is -0.145. The van der Waals surface area contributed by atoms with Crippen LogP contribution in [0.1, 0.15) is 31.4 Å². The van der Waals surface area contributed by atoms with E-state index in [1.807, 2.05) is 74.6 Å². The van der Waals surface area contributed by atoms with Crippen molar-refractivity contribution in [2.75, 3.05) is 7.11 Å². The summed E-state index contributed by atoms with van der Waals surface area (Å²) in [6.45, 7) is 3.97. The number of rotatable bonds is 10. The van der Waals surface area contributed by atoms with E-state index in [1.165, 1.54) is 7.11 Å². The first-order chi connectivity index (χ1) is 16.4. The van der Waals surface area contributed by atoms with Crippen LogP contribution in [0.3, 0.4) is 0 Å². The van der Waals surface area contributed by atoms with E-state index < -0.39 is 30.1 Å². The monoisotopic (exact) mass is 465 g/mol. The molecule has 34 heavy (non-hydrogen) atoms. The molecule has 0 unspecified atom stereocenters. The molecule has 0 aliphatic heterocycles. The molecule has 0 aliphatic rings. The summed E-state index contributed by atoms with van der Waals surface area (Å²) >= 11 is 0. The molecule has 0 saturated carbocycles. The number of H-pyrrole nitrogens is 1. The lowest BCUT2D eigenvalue weighted by Crippen LogP contribution is -2.53. The van der Waals surface area contributed by atoms with Gasteiger partial charge in [0, 0.05) is 23.5 Å². The molecule has 0 radical (unpaired) electrons. The lowest BCUT2D eigenvalue weighted by atomic mass is 10.0. The van der Waals surface area contributed by atoms with Crippen LogP contribution in [-0.2, 0) is 32.1 Å². The predicted octanol–water partition coefficient (Wildman–Crippen LogP) is 3.71. The number of nitrogens with one attached hydrogen (secondary N) is 3. The van der Waals surface area contributed by atoms with Gasteiger partial charge in [0.15, 0.2) is 0 Å². The molecule has 0 saturated heterocycles. The van der Waals surface area contributed by atoms with Crippen molar-refractivity contribution in [2.24, 2.45) is 5.92 Å². The molecule has 8 nitrogen and oxygen atoms in total. The summed E-state index contributed by atoms with van der Waals surface area (Å²) in [7, 11) is 1.28. The van der Waals surface area contributed by atoms with Gasteiger partial charge in [0.25, 0.3) is 0 Å². The summed E-state index contributed by atoms with van der Waals surface area (Å²) in [5, 5.41) is 6.36. The maximum atomic E-state index is 13.2. The van der Waals surface area contributed by atoms with Gasteiger partial charge in [-0.25, -0.2) is 9.59 Å². The lowest BCUT2D eigenvalue weighted by Gasteiger charge is -2.23. The van der Waals surface area contributed by atoms with Crippen molar-refractivity contribution < 1.29 is 23.9 Å². The Morgan fingerprint density at radius 2 is 1.65 bits per heavy atom. The van der Waals surface area contributed by atoms with Crippen LogP contribution in [0.15, 0.2) is 60.8 Å². The van der Waals surface area contributed by atoms with Crippen LogP contribution in [0.2, 0.25) is 0 Å². The summed E-state index contributed by atoms with van der Waals surface area (Å²) < 4.78 is 10.2. The maximum absolute atomic E-state index is 13.2. The number of aromatic amines is 1. The fourth-order valence-electron chi connectivity index (χ4n) is 3.74. The number of carbonyl (C=O) groups excluding carboxylic acids is 3. The van der Waals surface area contributed by atoms with Crippen molar-refractivity contribution in [3.8, 4) is 0 Å². The number of benzene rings is 2. The molecule has 2 amide bonds. The zero-order chi connectivity index (χ0) is 24.5. The summed E-state index contributed by atoms with van der Waals surface area (Å²) in [5.41, 5.74) is 2.62. The van der Waals surface area contributed by atoms with Gasteiger partial charge in [-0.2, -0.15) is 0 Å². The number of fused-ring (bicyclic) bond motifs is 1. The number of amides is 2. The third-order valence-corrected chi connectivity index (χ3v) is 5.43. The van der Waals surface area contributed by atoms with Crippen LogP contribution in [0, 0.1) is 5.92 Å². The van der Waals surface area contributed by atoms with Crippen LogP contribution in [0.5, 0.6) is 0 Å². The van der Waals surface area contributed by atoms with Crippen LogP contribution in [0.4, 0.5) is 4.79 Å². The Balaban J connectivity index is 1.76. The van der Waals surface area contributed by atoms with Gasteiger partial charge in [0.1, 0.15) is 18.7 Å². The molecule has 3 rings (SSSR count). The number of alkyl carbamates (subject to hydrolysis) is 1. The zero-order valence-electron chi connectivity index (χ0n) is 19.7. The second kappa shape index (κ2) is 11.9. The molecule has 1 heterocycles. The number of methoxy groups -OCH3 is 1. The highest BCUT2D eigenvalue weighted by Crippen LogP contribution is 2.19. The summed E-state index contributed by atoms with van der Waals surface area (Å²) in [5.74, 6) is -0.863. The molecule has 3 N–H and O–H groups in total. The zero-order valence-corrected chi connectivity index (χ0v) is 19.7. The molecule has 2 aromatic carbocycles. The molecular weight excluding hydrogens is 434 g/mol. The van der Waals surface area contributed by atoms with Gasteiger partial charge >= 0.3 is 12.1 Å². The number of carbonyl (C=O) groups is 3. The Kier molecular flexibility index (Phi) is 8.67. The first-order valence-corrected chi connectivity index (χ1v) is 11.3. The topological polar surface area (TPSA) is 110 Å². The Morgan fingerprint density at radius 3 is 2.35 bits per heavy atom. The van der Waals surface area contributed by atoms with Crippen molar-refractivity contribution in [3.63, 3.8) is 0 Å². The average molecular weight is 466 g/mol. The van der Waals surface area contributed by atoms with Gasteiger partial charge in [0.2, 0.25) is 5.91 Å². The number of hydrogen-bond donors (Lipinski definition) is 3. The number of aromatic nitrogens is 1. The highest BCUT2D eigenvalue weighted by atomic mass is 16.5. The Morgan fingerprint density at radius 1 is 0.941 bits per heavy atom. The van der Waals surface area contributed by atoms with Crippen LogP contribution in [0.25, 0.3) is 10.9 Å². The summed E-state index contributed by atoms with van der Waals surface area (Å²) in [4.78, 5) is 41.2. The van der Waals surface area contributed by atoms with E-state index in [-0.39, 0.29) is 18.9 Å². The average Bonchev–Trinajstić information content (AvgIpc) is 3.24. The first-order valence-electron chi connectivity index (χ1n) is 11.3. The molecule has 0 fully saturated rings. The maximum Gasteiger partial charge on any atom is 0.408 e. The van der Waals surface area contributed by atoms with E-state index >= 15 is 0 Å². The van der Waals surface area contributed by atoms with Gasteiger partial charge in [0.05, 0.1) is 7.11 Å². The number of ether oxygens (including phenoxy) is 2. The second-order valence-corrected chi connectivity index (χ2v) is 8.54. The van der Waals surface area contributed by atoms with Crippen LogP contribution < -0.4 is 10.6 Å². The third-order valence-electron chi connectivity index (χ3n) is 5.43. The van der Waals surface area contributed by atoms with Gasteiger partial charge in [-0.05, 0) is 29.5 Å². The highest BCUT2D eigenvalue weighted by Gasteiger charge is 2.29. The number of para-hydroxylation sites is 1. The van der Waals surface area contributed by atoms with Crippen molar-refractivity contribution in [1.82, 2.24) is 15.6 Å². The minimum atomic E-state index is -0.957. The van der Waals surface area contributed by atoms with Gasteiger partial charge in [-0.15, -0.1) is 0 Å². The number of esters is 1. The van der Waals surface area contributed by atoms with Crippen LogP contribution >= 0.6 is 0 Å². The van der Waals surface area contributed by atoms with E-state index in [4.69, 9.17) is 9.47 Å². The van der Waals surface area contributed by atoms with Gasteiger partial charge in [-0.3, -0.25) is 4.79 Å². The largest absolute Gasteiger partial charge is 0.467 e. The fourth-order valence-corrected chi connectivity index (χ4v) is 3.74. The standard InChI is InChI=1S/C26H31N3O5/c1-17(2)13-23(25(31)33-3)28-24(30)22(14-19-15-27-21-12-8-7-11-20(19)21)29-26(32)34-16-18-9-5-4-6-10-18/h4-12,15,17,22-23,27H,13-14,16H2,1-3H3,(H,28,30)(H,29,32)/t22-,23-/m1/s1. The van der Waals surface area contributed by atoms with E-state index in [0.29, 0.717) is 6.42 Å². The predicted molar refractivity (Wildman–Crippen MR) is 129 cm³/mol. The van der Waals surface area contributed by atoms with E-state index in [9.17, 15) is 14.4 Å². The fraction of sp³-hybridized carbons (Fsp3) is 0.346. The third kappa shape index (κ3) is 6.84. The summed E-state index contributed by atoms with van der Waals surface area (Å²) in [6, 6.07) is 15.2. The Labute approximate surface area is 199 Å². The molecule has 0 aliphatic carbocycles. The van der Waals surface area contributed by atoms with Crippen molar-refractivity contribution in [1.29, 1.82) is 0 Å². The van der Waals surface area contributed by atoms with Crippen molar-refractivity contribution in [3.05, 3.63) is 71.9 Å². The second-order valence-electron chi connectivity index (χ2n) is 8.54. The quantitative estimate of drug-likeness (QED) is 0.396. The minimum absolute atomic E-state index is 0.0756. The Bertz CT molecular complexity index is 1110. The molecular formula is C26H31N3O5. The molecule has 8 heteroatoms. The SMILES string of the molecule is COC(=O)[C@@H](CC(C)C)NC(=O)[C@@H](Cc1c[nH]c2ccccc12)NC(=O)OCc1ccccc1. The van der Waals surface area contributed by atoms with E-state index in [2.05, 4.69) is 15.6 Å². The molecule has 1 aromatic heterocycles. The summed E-state index contributed by atoms with van der Waals surface area (Å²) in [6.07, 6.45) is 1.72. The molecule has 2 atom stereocenters. The first kappa shape index (κ1) is 24.8. The van der Waals surface area contributed by atoms with Crippen molar-refractivity contribution >= 4 is 28.9 Å². The molecule has 0 spiro atoms. The normalized spacial score (nSPS) is 12.7. The smallest absolute Gasteiger partial charge is 0.408 e. The minimum Gasteiger partial charge on any atom is -0.467 e. The molecule has 180 valence electrons. The molecule has 3 aromatic rings. The Hall–Kier alpha value is -3.81. The van der Waals surface area contributed by atoms with Crippen LogP contribution in [-0.4, -0.2) is 42.1 Å². The van der Waals surface area contributed by atoms with Crippen molar-refractivity contribution in [2.45, 2.75) is 45.4 Å². The highest BCUT2D eigenvalue weighted by molar-refractivity contribution is 5.91. The van der Waals surface area contributed by atoms with E-state index in [0.717, 1.165) is 22.0 Å². The van der Waals surface area contributed by atoms with E-state index in [1.54, 1.807) is 0 Å².